The summed E-state index contributed by atoms with van der Waals surface area (Å²) in [6.45, 7) is 4.40. The molecule has 0 aliphatic rings. The van der Waals surface area contributed by atoms with Gasteiger partial charge in [-0.2, -0.15) is 0 Å². The number of carbonyl (C=O) groups excluding carboxylic acids is 1. The van der Waals surface area contributed by atoms with Gasteiger partial charge in [0.2, 0.25) is 0 Å². The monoisotopic (exact) mass is 248 g/mol. The largest absolute Gasteiger partial charge is 0.383 e. The van der Waals surface area contributed by atoms with Crippen LogP contribution in [0.1, 0.15) is 49.9 Å². The molecule has 3 heteroatoms. The van der Waals surface area contributed by atoms with Crippen molar-refractivity contribution in [2.24, 2.45) is 0 Å². The third-order valence-electron chi connectivity index (χ3n) is 3.01. The fourth-order valence-electron chi connectivity index (χ4n) is 1.95. The zero-order chi connectivity index (χ0) is 13.4. The van der Waals surface area contributed by atoms with E-state index in [-0.39, 0.29) is 5.91 Å². The number of amides is 1. The molecular weight excluding hydrogens is 224 g/mol. The summed E-state index contributed by atoms with van der Waals surface area (Å²) in [6, 6.07) is 8.08. The van der Waals surface area contributed by atoms with Crippen LogP contribution in [-0.2, 0) is 0 Å². The zero-order valence-corrected chi connectivity index (χ0v) is 11.6. The lowest BCUT2D eigenvalue weighted by atomic mass is 10.1. The molecule has 0 saturated heterocycles. The maximum absolute atomic E-state index is 11.5. The Morgan fingerprint density at radius 1 is 1.33 bits per heavy atom. The van der Waals surface area contributed by atoms with Crippen LogP contribution in [0, 0.1) is 0 Å². The van der Waals surface area contributed by atoms with Gasteiger partial charge < -0.3 is 10.6 Å². The Bertz CT molecular complexity index is 377. The molecule has 0 aliphatic heterocycles. The van der Waals surface area contributed by atoms with E-state index in [1.165, 1.54) is 19.3 Å². The lowest BCUT2D eigenvalue weighted by Crippen LogP contribution is -2.19. The Morgan fingerprint density at radius 3 is 2.78 bits per heavy atom. The molecule has 0 spiro atoms. The fraction of sp³-hybridized carbons (Fsp3) is 0.533. The van der Waals surface area contributed by atoms with E-state index >= 15 is 0 Å². The summed E-state index contributed by atoms with van der Waals surface area (Å²) in [5.41, 5.74) is 1.71. The van der Waals surface area contributed by atoms with Gasteiger partial charge in [0, 0.05) is 24.3 Å². The molecule has 0 radical (unpaired) electrons. The standard InChI is InChI=1S/C15H24N2O/c1-4-5-6-8-12(2)17-14-10-7-9-13(11-14)15(18)16-3/h7,9-12,17H,4-6,8H2,1-3H3,(H,16,18). The molecule has 2 N–H and O–H groups in total. The molecule has 0 heterocycles. The van der Waals surface area contributed by atoms with E-state index in [9.17, 15) is 4.79 Å². The first-order chi connectivity index (χ1) is 8.67. The minimum Gasteiger partial charge on any atom is -0.383 e. The third kappa shape index (κ3) is 4.78. The predicted molar refractivity (Wildman–Crippen MR) is 77.1 cm³/mol. The molecule has 0 aromatic heterocycles. The summed E-state index contributed by atoms with van der Waals surface area (Å²) in [7, 11) is 1.65. The fourth-order valence-corrected chi connectivity index (χ4v) is 1.95. The van der Waals surface area contributed by atoms with Gasteiger partial charge >= 0.3 is 0 Å². The van der Waals surface area contributed by atoms with Crippen molar-refractivity contribution >= 4 is 11.6 Å². The van der Waals surface area contributed by atoms with Crippen LogP contribution in [0.25, 0.3) is 0 Å². The van der Waals surface area contributed by atoms with Gasteiger partial charge in [-0.1, -0.05) is 32.3 Å². The highest BCUT2D eigenvalue weighted by Crippen LogP contribution is 2.14. The van der Waals surface area contributed by atoms with Crippen LogP contribution in [0.5, 0.6) is 0 Å². The van der Waals surface area contributed by atoms with Crippen molar-refractivity contribution in [3.05, 3.63) is 29.8 Å². The van der Waals surface area contributed by atoms with Crippen LogP contribution in [-0.4, -0.2) is 19.0 Å². The minimum atomic E-state index is -0.0442. The summed E-state index contributed by atoms with van der Waals surface area (Å²) in [5.74, 6) is -0.0442. The van der Waals surface area contributed by atoms with E-state index in [0.717, 1.165) is 12.1 Å². The van der Waals surface area contributed by atoms with E-state index in [2.05, 4.69) is 24.5 Å². The number of hydrogen-bond acceptors (Lipinski definition) is 2. The molecule has 1 aromatic carbocycles. The van der Waals surface area contributed by atoms with Gasteiger partial charge in [-0.25, -0.2) is 0 Å². The van der Waals surface area contributed by atoms with E-state index < -0.39 is 0 Å². The van der Waals surface area contributed by atoms with E-state index in [1.807, 2.05) is 24.3 Å². The molecule has 0 aliphatic carbocycles. The Morgan fingerprint density at radius 2 is 2.11 bits per heavy atom. The van der Waals surface area contributed by atoms with Gasteiger partial charge in [-0.05, 0) is 31.5 Å². The molecule has 1 amide bonds. The summed E-state index contributed by atoms with van der Waals surface area (Å²) >= 11 is 0. The van der Waals surface area contributed by atoms with Crippen molar-refractivity contribution in [3.8, 4) is 0 Å². The molecule has 0 bridgehead atoms. The number of rotatable bonds is 7. The van der Waals surface area contributed by atoms with Crippen molar-refractivity contribution in [3.63, 3.8) is 0 Å². The molecule has 3 nitrogen and oxygen atoms in total. The summed E-state index contributed by atoms with van der Waals surface area (Å²) in [6.07, 6.45) is 4.95. The molecule has 18 heavy (non-hydrogen) atoms. The molecule has 100 valence electrons. The van der Waals surface area contributed by atoms with Gasteiger partial charge in [0.1, 0.15) is 0 Å². The summed E-state index contributed by atoms with van der Waals surface area (Å²) in [5, 5.41) is 6.08. The highest BCUT2D eigenvalue weighted by atomic mass is 16.1. The summed E-state index contributed by atoms with van der Waals surface area (Å²) in [4.78, 5) is 11.5. The second kappa shape index (κ2) is 7.75. The minimum absolute atomic E-state index is 0.0442. The number of hydrogen-bond donors (Lipinski definition) is 2. The second-order valence-corrected chi connectivity index (χ2v) is 4.70. The van der Waals surface area contributed by atoms with Crippen molar-refractivity contribution in [2.45, 2.75) is 45.6 Å². The Labute approximate surface area is 110 Å². The predicted octanol–water partition coefficient (Wildman–Crippen LogP) is 3.43. The van der Waals surface area contributed by atoms with Gasteiger partial charge in [-0.3, -0.25) is 4.79 Å². The lowest BCUT2D eigenvalue weighted by molar-refractivity contribution is 0.0963. The Kier molecular flexibility index (Phi) is 6.26. The maximum Gasteiger partial charge on any atom is 0.251 e. The number of nitrogens with one attached hydrogen (secondary N) is 2. The van der Waals surface area contributed by atoms with Crippen molar-refractivity contribution in [1.82, 2.24) is 5.32 Å². The number of unbranched alkanes of at least 4 members (excludes halogenated alkanes) is 2. The first-order valence-corrected chi connectivity index (χ1v) is 6.76. The van der Waals surface area contributed by atoms with Crippen LogP contribution in [0.4, 0.5) is 5.69 Å². The van der Waals surface area contributed by atoms with E-state index in [4.69, 9.17) is 0 Å². The number of carbonyl (C=O) groups is 1. The van der Waals surface area contributed by atoms with E-state index in [0.29, 0.717) is 11.6 Å². The maximum atomic E-state index is 11.5. The third-order valence-corrected chi connectivity index (χ3v) is 3.01. The molecule has 1 rings (SSSR count). The molecule has 0 fully saturated rings. The van der Waals surface area contributed by atoms with Crippen LogP contribution in [0.2, 0.25) is 0 Å². The van der Waals surface area contributed by atoms with Gasteiger partial charge in [-0.15, -0.1) is 0 Å². The summed E-state index contributed by atoms with van der Waals surface area (Å²) < 4.78 is 0. The average Bonchev–Trinajstić information content (AvgIpc) is 2.38. The second-order valence-electron chi connectivity index (χ2n) is 4.70. The van der Waals surface area contributed by atoms with Gasteiger partial charge in [0.15, 0.2) is 0 Å². The zero-order valence-electron chi connectivity index (χ0n) is 11.6. The normalized spacial score (nSPS) is 11.9. The SMILES string of the molecule is CCCCCC(C)Nc1cccc(C(=O)NC)c1. The van der Waals surface area contributed by atoms with Crippen LogP contribution in [0.15, 0.2) is 24.3 Å². The number of anilines is 1. The molecule has 1 unspecified atom stereocenters. The highest BCUT2D eigenvalue weighted by molar-refractivity contribution is 5.94. The average molecular weight is 248 g/mol. The van der Waals surface area contributed by atoms with Crippen molar-refractivity contribution in [2.75, 3.05) is 12.4 Å². The highest BCUT2D eigenvalue weighted by Gasteiger charge is 2.05. The molecular formula is C15H24N2O. The smallest absolute Gasteiger partial charge is 0.251 e. The molecule has 0 saturated carbocycles. The Hall–Kier alpha value is -1.51. The van der Waals surface area contributed by atoms with Crippen molar-refractivity contribution in [1.29, 1.82) is 0 Å². The van der Waals surface area contributed by atoms with Gasteiger partial charge in [0.05, 0.1) is 0 Å². The topological polar surface area (TPSA) is 41.1 Å². The molecule has 1 aromatic rings. The van der Waals surface area contributed by atoms with Crippen molar-refractivity contribution < 1.29 is 4.79 Å². The van der Waals surface area contributed by atoms with Crippen LogP contribution in [0.3, 0.4) is 0 Å². The lowest BCUT2D eigenvalue weighted by Gasteiger charge is -2.15. The molecule has 1 atom stereocenters. The first-order valence-electron chi connectivity index (χ1n) is 6.76. The number of benzene rings is 1. The van der Waals surface area contributed by atoms with Crippen LogP contribution < -0.4 is 10.6 Å². The quantitative estimate of drug-likeness (QED) is 0.726. The van der Waals surface area contributed by atoms with Crippen LogP contribution >= 0.6 is 0 Å². The Balaban J connectivity index is 2.53. The van der Waals surface area contributed by atoms with Gasteiger partial charge in [0.25, 0.3) is 5.91 Å². The van der Waals surface area contributed by atoms with E-state index in [1.54, 1.807) is 7.05 Å². The first kappa shape index (κ1) is 14.6.